The van der Waals surface area contributed by atoms with Gasteiger partial charge in [-0.1, -0.05) is 13.8 Å². The predicted octanol–water partition coefficient (Wildman–Crippen LogP) is 1.74. The third-order valence-corrected chi connectivity index (χ3v) is 3.26. The van der Waals surface area contributed by atoms with Gasteiger partial charge in [-0.25, -0.2) is 0 Å². The van der Waals surface area contributed by atoms with Crippen LogP contribution >= 0.6 is 0 Å². The van der Waals surface area contributed by atoms with Crippen LogP contribution in [0.5, 0.6) is 5.75 Å². The molecule has 0 fully saturated rings. The molecule has 0 bridgehead atoms. The molecule has 0 radical (unpaired) electrons. The largest absolute Gasteiger partial charge is 0.497 e. The number of hydrogen-bond donors (Lipinski definition) is 2. The van der Waals surface area contributed by atoms with Gasteiger partial charge in [0.1, 0.15) is 5.75 Å². The highest BCUT2D eigenvalue weighted by molar-refractivity contribution is 5.95. The number of nitrogen functional groups attached to an aromatic ring is 1. The van der Waals surface area contributed by atoms with Gasteiger partial charge in [-0.15, -0.1) is 0 Å². The summed E-state index contributed by atoms with van der Waals surface area (Å²) in [4.78, 5) is 14.3. The topological polar surface area (TPSA) is 67.6 Å². The summed E-state index contributed by atoms with van der Waals surface area (Å²) in [6.45, 7) is 8.01. The number of carbonyl (C=O) groups is 1. The van der Waals surface area contributed by atoms with Gasteiger partial charge < -0.3 is 20.7 Å². The molecule has 0 spiro atoms. The van der Waals surface area contributed by atoms with Crippen molar-refractivity contribution in [1.29, 1.82) is 0 Å². The minimum absolute atomic E-state index is 0.116. The first-order chi connectivity index (χ1) is 9.60. The molecule has 0 saturated carbocycles. The van der Waals surface area contributed by atoms with Crippen molar-refractivity contribution in [2.75, 3.05) is 39.0 Å². The molecule has 112 valence electrons. The third kappa shape index (κ3) is 5.09. The van der Waals surface area contributed by atoms with Crippen molar-refractivity contribution in [1.82, 2.24) is 10.2 Å². The summed E-state index contributed by atoms with van der Waals surface area (Å²) < 4.78 is 5.11. The summed E-state index contributed by atoms with van der Waals surface area (Å²) in [6, 6.07) is 5.04. The fourth-order valence-corrected chi connectivity index (χ4v) is 2.02. The van der Waals surface area contributed by atoms with Gasteiger partial charge >= 0.3 is 0 Å². The first kappa shape index (κ1) is 16.3. The predicted molar refractivity (Wildman–Crippen MR) is 82.1 cm³/mol. The smallest absolute Gasteiger partial charge is 0.251 e. The van der Waals surface area contributed by atoms with E-state index in [9.17, 15) is 4.79 Å². The number of anilines is 1. The lowest BCUT2D eigenvalue weighted by Gasteiger charge is -2.17. The van der Waals surface area contributed by atoms with Crippen molar-refractivity contribution < 1.29 is 9.53 Å². The Kier molecular flexibility index (Phi) is 6.87. The van der Waals surface area contributed by atoms with E-state index in [0.717, 1.165) is 26.1 Å². The Hall–Kier alpha value is -1.75. The van der Waals surface area contributed by atoms with Crippen LogP contribution in [0.2, 0.25) is 0 Å². The number of amides is 1. The molecule has 5 heteroatoms. The second kappa shape index (κ2) is 8.43. The number of nitrogens with two attached hydrogens (primary N) is 1. The number of hydrogen-bond acceptors (Lipinski definition) is 4. The molecule has 0 saturated heterocycles. The van der Waals surface area contributed by atoms with E-state index in [4.69, 9.17) is 10.5 Å². The van der Waals surface area contributed by atoms with Crippen LogP contribution in [-0.2, 0) is 0 Å². The Balaban J connectivity index is 2.45. The lowest BCUT2D eigenvalue weighted by Crippen LogP contribution is -2.29. The fourth-order valence-electron chi connectivity index (χ4n) is 2.02. The Labute approximate surface area is 121 Å². The summed E-state index contributed by atoms with van der Waals surface area (Å²) in [5.74, 6) is 0.480. The highest BCUT2D eigenvalue weighted by atomic mass is 16.5. The zero-order valence-electron chi connectivity index (χ0n) is 12.6. The van der Waals surface area contributed by atoms with E-state index < -0.39 is 0 Å². The average molecular weight is 279 g/mol. The van der Waals surface area contributed by atoms with Gasteiger partial charge in [-0.3, -0.25) is 4.79 Å². The van der Waals surface area contributed by atoms with E-state index in [1.165, 1.54) is 0 Å². The number of benzene rings is 1. The van der Waals surface area contributed by atoms with Crippen molar-refractivity contribution in [3.05, 3.63) is 23.8 Å². The standard InChI is InChI=1S/C15H25N3O2/c1-4-18(5-2)8-6-7-17-15(19)12-9-13(16)11-14(10-12)20-3/h9-11H,4-8,16H2,1-3H3,(H,17,19). The highest BCUT2D eigenvalue weighted by Gasteiger charge is 2.08. The quantitative estimate of drug-likeness (QED) is 0.562. The summed E-state index contributed by atoms with van der Waals surface area (Å²) in [5, 5.41) is 2.90. The van der Waals surface area contributed by atoms with Gasteiger partial charge in [0.15, 0.2) is 0 Å². The SMILES string of the molecule is CCN(CC)CCCNC(=O)c1cc(N)cc(OC)c1. The molecule has 1 rings (SSSR count). The van der Waals surface area contributed by atoms with Gasteiger partial charge in [0.25, 0.3) is 5.91 Å². The van der Waals surface area contributed by atoms with Crippen LogP contribution in [0.3, 0.4) is 0 Å². The van der Waals surface area contributed by atoms with Crippen LogP contribution in [0.25, 0.3) is 0 Å². The Morgan fingerprint density at radius 2 is 2.00 bits per heavy atom. The van der Waals surface area contributed by atoms with Crippen molar-refractivity contribution in [3.63, 3.8) is 0 Å². The maximum Gasteiger partial charge on any atom is 0.251 e. The van der Waals surface area contributed by atoms with E-state index in [-0.39, 0.29) is 5.91 Å². The zero-order chi connectivity index (χ0) is 15.0. The van der Waals surface area contributed by atoms with Crippen LogP contribution in [0.1, 0.15) is 30.6 Å². The summed E-state index contributed by atoms with van der Waals surface area (Å²) >= 11 is 0. The normalized spacial score (nSPS) is 10.6. The Morgan fingerprint density at radius 1 is 1.30 bits per heavy atom. The van der Waals surface area contributed by atoms with Gasteiger partial charge in [0, 0.05) is 23.9 Å². The first-order valence-electron chi connectivity index (χ1n) is 7.05. The molecular formula is C15H25N3O2. The number of ether oxygens (including phenoxy) is 1. The monoisotopic (exact) mass is 279 g/mol. The van der Waals surface area contributed by atoms with Crippen LogP contribution < -0.4 is 15.8 Å². The third-order valence-electron chi connectivity index (χ3n) is 3.26. The molecule has 0 aliphatic carbocycles. The summed E-state index contributed by atoms with van der Waals surface area (Å²) in [5.41, 5.74) is 6.79. The number of methoxy groups -OCH3 is 1. The van der Waals surface area contributed by atoms with Crippen molar-refractivity contribution in [2.45, 2.75) is 20.3 Å². The van der Waals surface area contributed by atoms with E-state index >= 15 is 0 Å². The second-order valence-electron chi connectivity index (χ2n) is 4.63. The average Bonchev–Trinajstić information content (AvgIpc) is 2.46. The zero-order valence-corrected chi connectivity index (χ0v) is 12.6. The lowest BCUT2D eigenvalue weighted by atomic mass is 10.1. The van der Waals surface area contributed by atoms with Crippen LogP contribution in [-0.4, -0.2) is 44.1 Å². The minimum atomic E-state index is -0.116. The van der Waals surface area contributed by atoms with Gasteiger partial charge in [0.2, 0.25) is 0 Å². The van der Waals surface area contributed by atoms with E-state index in [2.05, 4.69) is 24.1 Å². The molecule has 0 aromatic heterocycles. The second-order valence-corrected chi connectivity index (χ2v) is 4.63. The molecule has 1 aromatic rings. The number of nitrogens with zero attached hydrogens (tertiary/aromatic N) is 1. The molecule has 0 aliphatic rings. The van der Waals surface area contributed by atoms with Gasteiger partial charge in [-0.05, 0) is 38.2 Å². The minimum Gasteiger partial charge on any atom is -0.497 e. The van der Waals surface area contributed by atoms with Crippen LogP contribution in [0, 0.1) is 0 Å². The Bertz CT molecular complexity index is 431. The number of carbonyl (C=O) groups excluding carboxylic acids is 1. The van der Waals surface area contributed by atoms with E-state index in [1.54, 1.807) is 25.3 Å². The molecule has 1 amide bonds. The maximum atomic E-state index is 12.0. The van der Waals surface area contributed by atoms with Crippen molar-refractivity contribution in [2.24, 2.45) is 0 Å². The molecule has 3 N–H and O–H groups in total. The lowest BCUT2D eigenvalue weighted by molar-refractivity contribution is 0.0951. The van der Waals surface area contributed by atoms with Gasteiger partial charge in [-0.2, -0.15) is 0 Å². The van der Waals surface area contributed by atoms with Gasteiger partial charge in [0.05, 0.1) is 7.11 Å². The molecule has 0 heterocycles. The molecule has 5 nitrogen and oxygen atoms in total. The first-order valence-corrected chi connectivity index (χ1v) is 7.05. The van der Waals surface area contributed by atoms with E-state index in [0.29, 0.717) is 23.5 Å². The molecule has 0 unspecified atom stereocenters. The molecule has 0 aliphatic heterocycles. The van der Waals surface area contributed by atoms with Crippen molar-refractivity contribution in [3.8, 4) is 5.75 Å². The number of nitrogens with one attached hydrogen (secondary N) is 1. The van der Waals surface area contributed by atoms with Crippen LogP contribution in [0.4, 0.5) is 5.69 Å². The van der Waals surface area contributed by atoms with Crippen molar-refractivity contribution >= 4 is 11.6 Å². The fraction of sp³-hybridized carbons (Fsp3) is 0.533. The summed E-state index contributed by atoms with van der Waals surface area (Å²) in [6.07, 6.45) is 0.937. The summed E-state index contributed by atoms with van der Waals surface area (Å²) in [7, 11) is 1.56. The molecule has 20 heavy (non-hydrogen) atoms. The van der Waals surface area contributed by atoms with E-state index in [1.807, 2.05) is 0 Å². The maximum absolute atomic E-state index is 12.0. The highest BCUT2D eigenvalue weighted by Crippen LogP contribution is 2.18. The van der Waals surface area contributed by atoms with Crippen LogP contribution in [0.15, 0.2) is 18.2 Å². The molecule has 0 atom stereocenters. The molecule has 1 aromatic carbocycles. The number of rotatable bonds is 8. The molecular weight excluding hydrogens is 254 g/mol. The Morgan fingerprint density at radius 3 is 2.60 bits per heavy atom.